The van der Waals surface area contributed by atoms with E-state index in [0.717, 1.165) is 37.4 Å². The first-order chi connectivity index (χ1) is 20.6. The van der Waals surface area contributed by atoms with Gasteiger partial charge >= 0.3 is 5.97 Å². The summed E-state index contributed by atoms with van der Waals surface area (Å²) >= 11 is 0. The number of esters is 1. The number of rotatable bonds is 10. The lowest BCUT2D eigenvalue weighted by Crippen LogP contribution is -2.47. The SMILES string of the molecule is C=CCn1c(=O)c2cnc(Nc3ccc(N4C[C@@H]5C[C@H]4CN5CCOC(C)=O)cc3)nc2n1-c1cccc(C(C)(C)O)n1. The van der Waals surface area contributed by atoms with Gasteiger partial charge in [-0.3, -0.25) is 14.5 Å². The molecule has 12 nitrogen and oxygen atoms in total. The number of nitrogens with zero attached hydrogens (tertiary/aromatic N) is 7. The van der Waals surface area contributed by atoms with E-state index in [1.54, 1.807) is 42.8 Å². The van der Waals surface area contributed by atoms with Crippen LogP contribution in [0.4, 0.5) is 17.3 Å². The van der Waals surface area contributed by atoms with Crippen molar-refractivity contribution >= 4 is 34.3 Å². The van der Waals surface area contributed by atoms with Gasteiger partial charge in [0.05, 0.1) is 12.2 Å². The molecule has 43 heavy (non-hydrogen) atoms. The van der Waals surface area contributed by atoms with Crippen LogP contribution in [0, 0.1) is 0 Å². The fourth-order valence-corrected chi connectivity index (χ4v) is 6.00. The second kappa shape index (κ2) is 11.3. The van der Waals surface area contributed by atoms with Gasteiger partial charge in [0.1, 0.15) is 17.6 Å². The van der Waals surface area contributed by atoms with Crippen molar-refractivity contribution in [2.24, 2.45) is 0 Å². The quantitative estimate of drug-likeness (QED) is 0.212. The topological polar surface area (TPSA) is 131 Å². The van der Waals surface area contributed by atoms with Gasteiger partial charge in [0.2, 0.25) is 5.95 Å². The predicted molar refractivity (Wildman–Crippen MR) is 164 cm³/mol. The zero-order valence-corrected chi connectivity index (χ0v) is 24.6. The molecule has 2 atom stereocenters. The number of nitrogens with one attached hydrogen (secondary N) is 1. The maximum Gasteiger partial charge on any atom is 0.302 e. The van der Waals surface area contributed by atoms with E-state index in [2.05, 4.69) is 43.8 Å². The molecule has 4 aromatic rings. The fraction of sp³-hybridized carbons (Fsp3) is 0.387. The molecular formula is C31H36N8O4. The van der Waals surface area contributed by atoms with E-state index < -0.39 is 5.60 Å². The molecule has 2 aliphatic heterocycles. The summed E-state index contributed by atoms with van der Waals surface area (Å²) in [5.74, 6) is 0.555. The number of pyridine rings is 1. The Morgan fingerprint density at radius 2 is 1.95 bits per heavy atom. The molecule has 2 fully saturated rings. The van der Waals surface area contributed by atoms with Gasteiger partial charge < -0.3 is 20.1 Å². The lowest BCUT2D eigenvalue weighted by atomic mass is 10.1. The molecule has 2 bridgehead atoms. The highest BCUT2D eigenvalue weighted by atomic mass is 16.5. The third-order valence-corrected chi connectivity index (χ3v) is 8.05. The van der Waals surface area contributed by atoms with Crippen LogP contribution in [0.2, 0.25) is 0 Å². The summed E-state index contributed by atoms with van der Waals surface area (Å²) in [4.78, 5) is 43.0. The van der Waals surface area contributed by atoms with Crippen molar-refractivity contribution in [3.63, 3.8) is 0 Å². The number of aromatic nitrogens is 5. The minimum atomic E-state index is -1.16. The number of anilines is 3. The van der Waals surface area contributed by atoms with Crippen LogP contribution in [0.5, 0.6) is 0 Å². The van der Waals surface area contributed by atoms with Gasteiger partial charge in [-0.1, -0.05) is 12.1 Å². The molecule has 0 radical (unpaired) electrons. The maximum atomic E-state index is 13.3. The Morgan fingerprint density at radius 3 is 2.63 bits per heavy atom. The minimum absolute atomic E-state index is 0.237. The summed E-state index contributed by atoms with van der Waals surface area (Å²) in [6.07, 6.45) is 4.26. The lowest BCUT2D eigenvalue weighted by Gasteiger charge is -2.35. The monoisotopic (exact) mass is 584 g/mol. The van der Waals surface area contributed by atoms with Gasteiger partial charge in [0, 0.05) is 56.2 Å². The van der Waals surface area contributed by atoms with Crippen molar-refractivity contribution in [2.45, 2.75) is 51.4 Å². The van der Waals surface area contributed by atoms with Gasteiger partial charge in [-0.25, -0.2) is 19.3 Å². The Bertz CT molecular complexity index is 1720. The van der Waals surface area contributed by atoms with Crippen LogP contribution in [0.25, 0.3) is 16.9 Å². The van der Waals surface area contributed by atoms with Crippen LogP contribution in [0.1, 0.15) is 32.9 Å². The number of hydrogen-bond donors (Lipinski definition) is 2. The van der Waals surface area contributed by atoms with Crippen molar-refractivity contribution in [2.75, 3.05) is 36.5 Å². The third-order valence-electron chi connectivity index (χ3n) is 8.05. The van der Waals surface area contributed by atoms with E-state index in [-0.39, 0.29) is 18.1 Å². The van der Waals surface area contributed by atoms with Crippen LogP contribution in [-0.2, 0) is 21.7 Å². The standard InChI is InChI=1S/C31H36N8O4/c1-5-13-38-29(41)25-17-32-30(35-28(25)39(38)27-8-6-7-26(34-27)31(3,4)42)33-21-9-11-22(12-10-21)37-19-23-16-24(37)18-36(23)14-15-43-20(2)40/h5-12,17,23-24,42H,1,13-16,18-19H2,2-4H3,(H,32,33,35)/t23-,24-/m0/s1. The zero-order chi connectivity index (χ0) is 30.3. The van der Waals surface area contributed by atoms with Crippen LogP contribution < -0.4 is 15.8 Å². The van der Waals surface area contributed by atoms with Crippen molar-refractivity contribution < 1.29 is 14.6 Å². The van der Waals surface area contributed by atoms with E-state index in [9.17, 15) is 14.7 Å². The number of likely N-dealkylation sites (tertiary alicyclic amines) is 1. The van der Waals surface area contributed by atoms with Crippen molar-refractivity contribution in [1.29, 1.82) is 0 Å². The number of aliphatic hydroxyl groups is 1. The molecule has 0 unspecified atom stereocenters. The largest absolute Gasteiger partial charge is 0.465 e. The highest BCUT2D eigenvalue weighted by Gasteiger charge is 2.43. The Hall–Kier alpha value is -4.55. The Labute approximate surface area is 249 Å². The minimum Gasteiger partial charge on any atom is -0.465 e. The number of piperazine rings is 1. The fourth-order valence-electron chi connectivity index (χ4n) is 6.00. The molecule has 5 heterocycles. The molecule has 2 aliphatic rings. The summed E-state index contributed by atoms with van der Waals surface area (Å²) in [6.45, 7) is 11.9. The lowest BCUT2D eigenvalue weighted by molar-refractivity contribution is -0.141. The maximum absolute atomic E-state index is 13.3. The average molecular weight is 585 g/mol. The normalized spacial score (nSPS) is 18.4. The zero-order valence-electron chi connectivity index (χ0n) is 24.6. The van der Waals surface area contributed by atoms with E-state index in [1.165, 1.54) is 17.8 Å². The molecule has 2 saturated heterocycles. The molecule has 12 heteroatoms. The molecule has 1 aromatic carbocycles. The van der Waals surface area contributed by atoms with Gasteiger partial charge in [-0.05, 0) is 56.7 Å². The molecule has 3 aromatic heterocycles. The first-order valence-corrected chi connectivity index (χ1v) is 14.4. The van der Waals surface area contributed by atoms with Gasteiger partial charge in [0.25, 0.3) is 5.56 Å². The van der Waals surface area contributed by atoms with Crippen LogP contribution in [-0.4, -0.2) is 78.6 Å². The molecular weight excluding hydrogens is 548 g/mol. The van der Waals surface area contributed by atoms with Crippen molar-refractivity contribution in [3.8, 4) is 5.82 Å². The second-order valence-electron chi connectivity index (χ2n) is 11.6. The summed E-state index contributed by atoms with van der Waals surface area (Å²) in [5, 5.41) is 14.1. The number of benzene rings is 1. The van der Waals surface area contributed by atoms with E-state index in [1.807, 2.05) is 12.1 Å². The van der Waals surface area contributed by atoms with Gasteiger partial charge in [-0.15, -0.1) is 6.58 Å². The molecule has 6 rings (SSSR count). The summed E-state index contributed by atoms with van der Waals surface area (Å²) in [5.41, 5.74) is 1.42. The summed E-state index contributed by atoms with van der Waals surface area (Å²) in [7, 11) is 0. The highest BCUT2D eigenvalue weighted by Crippen LogP contribution is 2.35. The number of ether oxygens (including phenoxy) is 1. The Balaban J connectivity index is 1.22. The van der Waals surface area contributed by atoms with Gasteiger partial charge in [-0.2, -0.15) is 4.98 Å². The van der Waals surface area contributed by atoms with Crippen LogP contribution in [0.15, 0.2) is 66.1 Å². The predicted octanol–water partition coefficient (Wildman–Crippen LogP) is 2.96. The molecule has 0 amide bonds. The number of fused-ring (bicyclic) bond motifs is 3. The van der Waals surface area contributed by atoms with Gasteiger partial charge in [0.15, 0.2) is 11.5 Å². The Kier molecular flexibility index (Phi) is 7.49. The molecule has 0 aliphatic carbocycles. The number of carbonyl (C=O) groups excluding carboxylic acids is 1. The number of hydrogen-bond acceptors (Lipinski definition) is 10. The third kappa shape index (κ3) is 5.63. The molecule has 2 N–H and O–H groups in total. The second-order valence-corrected chi connectivity index (χ2v) is 11.6. The van der Waals surface area contributed by atoms with Crippen LogP contribution in [0.3, 0.4) is 0 Å². The highest BCUT2D eigenvalue weighted by molar-refractivity contribution is 5.77. The van der Waals surface area contributed by atoms with Crippen LogP contribution >= 0.6 is 0 Å². The Morgan fingerprint density at radius 1 is 1.16 bits per heavy atom. The molecule has 0 spiro atoms. The number of allylic oxidation sites excluding steroid dienone is 1. The molecule has 224 valence electrons. The average Bonchev–Trinajstić information content (AvgIpc) is 3.65. The summed E-state index contributed by atoms with van der Waals surface area (Å²) in [6, 6.07) is 14.4. The van der Waals surface area contributed by atoms with E-state index in [4.69, 9.17) is 9.72 Å². The van der Waals surface area contributed by atoms with Crippen molar-refractivity contribution in [1.82, 2.24) is 29.2 Å². The first kappa shape index (κ1) is 28.6. The number of carbonyl (C=O) groups is 1. The van der Waals surface area contributed by atoms with Crippen molar-refractivity contribution in [3.05, 3.63) is 77.4 Å². The summed E-state index contributed by atoms with van der Waals surface area (Å²) < 4.78 is 8.27. The first-order valence-electron chi connectivity index (χ1n) is 14.4. The van der Waals surface area contributed by atoms with E-state index in [0.29, 0.717) is 47.2 Å². The smallest absolute Gasteiger partial charge is 0.302 e. The van der Waals surface area contributed by atoms with E-state index >= 15 is 0 Å². The molecule has 0 saturated carbocycles.